The van der Waals surface area contributed by atoms with Crippen LogP contribution < -0.4 is 29.6 Å². The van der Waals surface area contributed by atoms with E-state index in [1.54, 1.807) is 0 Å². The van der Waals surface area contributed by atoms with Gasteiger partial charge in [-0.15, -0.1) is 0 Å². The Balaban J connectivity index is 0. The van der Waals surface area contributed by atoms with Crippen LogP contribution in [0.15, 0.2) is 17.1 Å². The van der Waals surface area contributed by atoms with Crippen molar-refractivity contribution in [2.24, 2.45) is 4.99 Å². The summed E-state index contributed by atoms with van der Waals surface area (Å²) < 4.78 is 31.4. The average molecular weight is 530 g/mol. The summed E-state index contributed by atoms with van der Waals surface area (Å²) in [6.45, 7) is 3.85. The minimum Gasteiger partial charge on any atom is -0.870 e. The van der Waals surface area contributed by atoms with Crippen molar-refractivity contribution in [3.63, 3.8) is 0 Å². The summed E-state index contributed by atoms with van der Waals surface area (Å²) >= 11 is 0. The van der Waals surface area contributed by atoms with E-state index >= 15 is 0 Å². The molecule has 10 heteroatoms. The van der Waals surface area contributed by atoms with E-state index in [9.17, 15) is 18.6 Å². The van der Waals surface area contributed by atoms with Crippen LogP contribution in [0, 0.1) is 0 Å². The van der Waals surface area contributed by atoms with Gasteiger partial charge >= 0.3 is 29.6 Å². The van der Waals surface area contributed by atoms with Gasteiger partial charge in [-0.3, -0.25) is 9.04 Å². The summed E-state index contributed by atoms with van der Waals surface area (Å²) in [6.07, 6.45) is 21.1. The number of aliphatic hydroxyl groups excluding tert-OH is 2. The Bertz CT molecular complexity index is 675. The fourth-order valence-electron chi connectivity index (χ4n) is 4.69. The maximum atomic E-state index is 11.1. The van der Waals surface area contributed by atoms with Gasteiger partial charge in [0.1, 0.15) is 31.5 Å². The number of quaternary nitrogens is 1. The minimum atomic E-state index is -4.25. The second-order valence-corrected chi connectivity index (χ2v) is 11.1. The predicted octanol–water partition coefficient (Wildman–Crippen LogP) is 1.32. The summed E-state index contributed by atoms with van der Waals surface area (Å²) in [5.41, 5.74) is 0. The maximum Gasteiger partial charge on any atom is 1.00 e. The van der Waals surface area contributed by atoms with Crippen LogP contribution in [0.25, 0.3) is 0 Å². The molecule has 0 saturated carbocycles. The number of allylic oxidation sites excluding steroid dienone is 1. The van der Waals surface area contributed by atoms with Crippen molar-refractivity contribution in [2.75, 3.05) is 38.5 Å². The smallest absolute Gasteiger partial charge is 0.870 e. The first-order valence-corrected chi connectivity index (χ1v) is 14.8. The molecule has 35 heavy (non-hydrogen) atoms. The first-order valence-electron chi connectivity index (χ1n) is 13.1. The second kappa shape index (κ2) is 22.2. The van der Waals surface area contributed by atoms with Crippen molar-refractivity contribution in [3.05, 3.63) is 12.2 Å². The molecule has 0 aromatic heterocycles. The molecule has 0 amide bonds. The van der Waals surface area contributed by atoms with E-state index in [-0.39, 0.29) is 52.7 Å². The van der Waals surface area contributed by atoms with E-state index in [4.69, 9.17) is 4.55 Å². The van der Waals surface area contributed by atoms with Crippen molar-refractivity contribution in [3.8, 4) is 0 Å². The van der Waals surface area contributed by atoms with Crippen molar-refractivity contribution >= 4 is 16.0 Å². The van der Waals surface area contributed by atoms with Gasteiger partial charge in [0.05, 0.1) is 13.2 Å². The number of rotatable bonds is 21. The van der Waals surface area contributed by atoms with Crippen molar-refractivity contribution in [2.45, 2.75) is 103 Å². The topological polar surface area (TPSA) is 137 Å². The van der Waals surface area contributed by atoms with Crippen LogP contribution in [-0.4, -0.2) is 83.6 Å². The van der Waals surface area contributed by atoms with Crippen molar-refractivity contribution in [1.29, 1.82) is 0 Å². The summed E-state index contributed by atoms with van der Waals surface area (Å²) in [7, 11) is -4.25. The van der Waals surface area contributed by atoms with Crippen LogP contribution in [0.3, 0.4) is 0 Å². The zero-order valence-electron chi connectivity index (χ0n) is 22.3. The van der Waals surface area contributed by atoms with Crippen LogP contribution in [-0.2, 0) is 10.1 Å². The molecule has 0 aliphatic carbocycles. The number of amidine groups is 1. The molecule has 1 aliphatic rings. The van der Waals surface area contributed by atoms with Gasteiger partial charge in [0, 0.05) is 6.08 Å². The molecule has 4 N–H and O–H groups in total. The molecule has 1 heterocycles. The molecule has 1 aliphatic heterocycles. The number of aliphatic hydroxyl groups is 2. The fourth-order valence-corrected chi connectivity index (χ4v) is 5.28. The van der Waals surface area contributed by atoms with Crippen LogP contribution in [0.1, 0.15) is 96.8 Å². The van der Waals surface area contributed by atoms with Crippen LogP contribution in [0.2, 0.25) is 0 Å². The number of unbranched alkanes of at least 4 members (excludes halogenated alkanes) is 13. The molecule has 1 rings (SSSR count). The first-order chi connectivity index (χ1) is 15.8. The zero-order chi connectivity index (χ0) is 24.4. The van der Waals surface area contributed by atoms with Gasteiger partial charge in [0.25, 0.3) is 10.1 Å². The molecular weight excluding hydrogens is 479 g/mol. The van der Waals surface area contributed by atoms with E-state index in [0.717, 1.165) is 18.7 Å². The quantitative estimate of drug-likeness (QED) is 0.0888. The largest absolute Gasteiger partial charge is 1.00 e. The Hall–Kier alpha value is 0.160. The molecule has 0 aromatic rings. The third-order valence-electron chi connectivity index (χ3n) is 6.52. The number of hydrogen-bond acceptors (Lipinski definition) is 6. The van der Waals surface area contributed by atoms with Gasteiger partial charge in [0.15, 0.2) is 0 Å². The molecule has 2 atom stereocenters. The van der Waals surface area contributed by atoms with E-state index in [0.29, 0.717) is 19.6 Å². The van der Waals surface area contributed by atoms with Gasteiger partial charge in [-0.1, -0.05) is 90.0 Å². The molecule has 0 aromatic carbocycles. The molecular formula is C25H50N2NaO6S+. The third-order valence-corrected chi connectivity index (χ3v) is 7.33. The Morgan fingerprint density at radius 2 is 1.49 bits per heavy atom. The predicted molar refractivity (Wildman–Crippen MR) is 138 cm³/mol. The van der Waals surface area contributed by atoms with Gasteiger partial charge in [-0.25, -0.2) is 4.99 Å². The first kappa shape index (κ1) is 37.3. The molecule has 0 bridgehead atoms. The van der Waals surface area contributed by atoms with Gasteiger partial charge in [-0.05, 0) is 12.8 Å². The maximum absolute atomic E-state index is 11.1. The minimum absolute atomic E-state index is 0. The van der Waals surface area contributed by atoms with Gasteiger partial charge in [-0.2, -0.15) is 8.42 Å². The van der Waals surface area contributed by atoms with Gasteiger partial charge in [0.2, 0.25) is 5.84 Å². The summed E-state index contributed by atoms with van der Waals surface area (Å²) in [5, 5.41) is 19.7. The standard InChI is InChI=1S/C25H48N2O5S.Na.H2O/c1-2-3-4-5-6-7-8-9-10-11-12-13-14-15-16-17-25-26-18-19-27(25,20-21-28)22-24(29)23-33(30,31)32;;/h16-17,24,28-29H,2-15,18-23H2,1H3;;1H2/q;+1;/b17-16+;;. The van der Waals surface area contributed by atoms with Crippen LogP contribution >= 0.6 is 0 Å². The Kier molecular flexibility index (Phi) is 23.6. The Morgan fingerprint density at radius 1 is 0.971 bits per heavy atom. The Labute approximate surface area is 236 Å². The molecule has 0 fully saturated rings. The molecule has 0 saturated heterocycles. The van der Waals surface area contributed by atoms with E-state index in [2.05, 4.69) is 18.0 Å². The van der Waals surface area contributed by atoms with Gasteiger partial charge < -0.3 is 15.7 Å². The second-order valence-electron chi connectivity index (χ2n) is 9.57. The Morgan fingerprint density at radius 3 is 1.97 bits per heavy atom. The van der Waals surface area contributed by atoms with E-state index in [1.165, 1.54) is 77.0 Å². The summed E-state index contributed by atoms with van der Waals surface area (Å²) in [5.74, 6) is 0.0714. The molecule has 2 unspecified atom stereocenters. The summed E-state index contributed by atoms with van der Waals surface area (Å²) in [4.78, 5) is 4.53. The summed E-state index contributed by atoms with van der Waals surface area (Å²) in [6, 6.07) is 0. The number of nitrogens with zero attached hydrogens (tertiary/aromatic N) is 2. The SMILES string of the molecule is CCCCCCCCCCCCCCC/C=C/C1=NCC[N+]1(CCO)CC(O)CS(=O)(=O)O.[Na+].[OH-]. The molecule has 0 radical (unpaired) electrons. The normalized spacial score (nSPS) is 18.8. The van der Waals surface area contributed by atoms with E-state index < -0.39 is 22.0 Å². The van der Waals surface area contributed by atoms with Crippen LogP contribution in [0.5, 0.6) is 0 Å². The molecule has 0 spiro atoms. The molecule has 8 nitrogen and oxygen atoms in total. The number of hydrogen-bond donors (Lipinski definition) is 3. The zero-order valence-corrected chi connectivity index (χ0v) is 25.1. The molecule has 202 valence electrons. The number of aliphatic imine (C=N–C) groups is 1. The van der Waals surface area contributed by atoms with E-state index in [1.807, 2.05) is 6.08 Å². The monoisotopic (exact) mass is 529 g/mol. The van der Waals surface area contributed by atoms with Crippen molar-refractivity contribution < 1.29 is 62.7 Å². The third kappa shape index (κ3) is 18.1. The average Bonchev–Trinajstić information content (AvgIpc) is 3.11. The van der Waals surface area contributed by atoms with Crippen LogP contribution in [0.4, 0.5) is 0 Å². The fraction of sp³-hybridized carbons (Fsp3) is 0.880. The van der Waals surface area contributed by atoms with Crippen molar-refractivity contribution in [1.82, 2.24) is 0 Å².